The predicted octanol–water partition coefficient (Wildman–Crippen LogP) is 3.43. The van der Waals surface area contributed by atoms with Gasteiger partial charge in [0.15, 0.2) is 6.19 Å². The van der Waals surface area contributed by atoms with Crippen molar-refractivity contribution in [2.75, 3.05) is 16.8 Å². The van der Waals surface area contributed by atoms with E-state index in [1.54, 1.807) is 18.3 Å². The highest BCUT2D eigenvalue weighted by atomic mass is 79.9. The molecule has 0 amide bonds. The Hall–Kier alpha value is -5.48. The summed E-state index contributed by atoms with van der Waals surface area (Å²) in [6.07, 6.45) is 1.74. The third-order valence-electron chi connectivity index (χ3n) is 5.19. The molecule has 1 unspecified atom stereocenters. The first-order valence-corrected chi connectivity index (χ1v) is 10.8. The van der Waals surface area contributed by atoms with E-state index >= 15 is 0 Å². The van der Waals surface area contributed by atoms with Crippen LogP contribution in [0.2, 0.25) is 0 Å². The number of nitrogen functional groups attached to an aromatic ring is 2. The maximum atomic E-state index is 11.6. The zero-order valence-corrected chi connectivity index (χ0v) is 19.9. The molecule has 3 aromatic rings. The van der Waals surface area contributed by atoms with E-state index in [-0.39, 0.29) is 45.9 Å². The molecular formula is C21H13BrN10O5. The fraction of sp³-hybridized carbons (Fsp3) is 0.0476. The minimum absolute atomic E-state index is 0.0109. The smallest absolute Gasteiger partial charge is 0.318 e. The second kappa shape index (κ2) is 9.64. The van der Waals surface area contributed by atoms with Gasteiger partial charge in [-0.05, 0) is 24.3 Å². The number of benzene rings is 2. The van der Waals surface area contributed by atoms with Crippen molar-refractivity contribution in [2.24, 2.45) is 4.99 Å². The molecule has 6 N–H and O–H groups in total. The van der Waals surface area contributed by atoms with E-state index in [1.165, 1.54) is 6.07 Å². The van der Waals surface area contributed by atoms with Crippen LogP contribution in [0.5, 0.6) is 11.5 Å². The van der Waals surface area contributed by atoms with Crippen LogP contribution < -0.4 is 26.8 Å². The first-order chi connectivity index (χ1) is 17.6. The van der Waals surface area contributed by atoms with E-state index in [4.69, 9.17) is 21.5 Å². The summed E-state index contributed by atoms with van der Waals surface area (Å²) in [5.41, 5.74) is 11.5. The van der Waals surface area contributed by atoms with Gasteiger partial charge in [0.1, 0.15) is 35.1 Å². The number of halogens is 1. The van der Waals surface area contributed by atoms with Crippen LogP contribution in [0.4, 0.5) is 28.7 Å². The Morgan fingerprint density at radius 3 is 2.49 bits per heavy atom. The van der Waals surface area contributed by atoms with Gasteiger partial charge < -0.3 is 21.5 Å². The lowest BCUT2D eigenvalue weighted by atomic mass is 9.94. The number of hydrogen-bond acceptors (Lipinski definition) is 13. The number of nitrogens with two attached hydrogens (primary N) is 2. The lowest BCUT2D eigenvalue weighted by Crippen LogP contribution is -2.32. The standard InChI is InChI=1S/C21H13BrN10O5/c22-9-1-3-14(37-15-4-2-10(31(33)34)6-13(15)32(35)36)11(5-9)18-16-17(25)12(7-23)19(26)29-20(16)30-21(28-18)27-8-24/h1-6,18H,(H6,25,26,27,28,29,30). The van der Waals surface area contributed by atoms with Gasteiger partial charge in [0, 0.05) is 21.7 Å². The number of nitro groups is 2. The minimum Gasteiger partial charge on any atom is -0.450 e. The molecule has 1 aliphatic rings. The summed E-state index contributed by atoms with van der Waals surface area (Å²) in [5.74, 6) is -0.223. The van der Waals surface area contributed by atoms with Crippen LogP contribution >= 0.6 is 15.9 Å². The van der Waals surface area contributed by atoms with Crippen molar-refractivity contribution in [1.29, 1.82) is 10.5 Å². The molecular weight excluding hydrogens is 552 g/mol. The summed E-state index contributed by atoms with van der Waals surface area (Å²) in [6, 6.07) is 8.52. The second-order valence-corrected chi connectivity index (χ2v) is 8.27. The van der Waals surface area contributed by atoms with Gasteiger partial charge in [-0.3, -0.25) is 25.5 Å². The van der Waals surface area contributed by atoms with Gasteiger partial charge in [0.2, 0.25) is 11.7 Å². The van der Waals surface area contributed by atoms with Gasteiger partial charge in [-0.25, -0.2) is 9.98 Å². The van der Waals surface area contributed by atoms with Crippen LogP contribution in [-0.4, -0.2) is 20.8 Å². The van der Waals surface area contributed by atoms with Gasteiger partial charge in [-0.1, -0.05) is 15.9 Å². The number of ether oxygens (including phenoxy) is 1. The molecule has 1 aromatic heterocycles. The van der Waals surface area contributed by atoms with E-state index in [0.29, 0.717) is 10.0 Å². The quantitative estimate of drug-likeness (QED) is 0.150. The number of aliphatic imine (C=N–C) groups is 1. The van der Waals surface area contributed by atoms with Gasteiger partial charge in [-0.2, -0.15) is 10.5 Å². The van der Waals surface area contributed by atoms with Crippen molar-refractivity contribution in [1.82, 2.24) is 10.3 Å². The lowest BCUT2D eigenvalue weighted by Gasteiger charge is -2.27. The van der Waals surface area contributed by atoms with Crippen molar-refractivity contribution in [3.63, 3.8) is 0 Å². The number of pyridine rings is 1. The van der Waals surface area contributed by atoms with E-state index in [1.807, 2.05) is 6.07 Å². The number of non-ortho nitro benzene ring substituents is 1. The number of nitrogens with zero attached hydrogens (tertiary/aromatic N) is 6. The Morgan fingerprint density at radius 1 is 1.11 bits per heavy atom. The molecule has 0 saturated heterocycles. The summed E-state index contributed by atoms with van der Waals surface area (Å²) in [6.45, 7) is 0. The van der Waals surface area contributed by atoms with Crippen LogP contribution in [0.25, 0.3) is 0 Å². The van der Waals surface area contributed by atoms with Crippen molar-refractivity contribution < 1.29 is 14.6 Å². The Morgan fingerprint density at radius 2 is 1.84 bits per heavy atom. The van der Waals surface area contributed by atoms with Crippen molar-refractivity contribution >= 4 is 50.6 Å². The number of hydrogen-bond donors (Lipinski definition) is 4. The van der Waals surface area contributed by atoms with Crippen molar-refractivity contribution in [2.45, 2.75) is 6.04 Å². The predicted molar refractivity (Wildman–Crippen MR) is 133 cm³/mol. The number of fused-ring (bicyclic) bond motifs is 1. The molecule has 2 aromatic carbocycles. The van der Waals surface area contributed by atoms with E-state index in [9.17, 15) is 25.5 Å². The molecule has 0 saturated carbocycles. The van der Waals surface area contributed by atoms with Gasteiger partial charge in [-0.15, -0.1) is 0 Å². The molecule has 184 valence electrons. The van der Waals surface area contributed by atoms with Gasteiger partial charge >= 0.3 is 5.69 Å². The topological polar surface area (TPSA) is 244 Å². The highest BCUT2D eigenvalue weighted by molar-refractivity contribution is 9.10. The molecule has 16 heteroatoms. The monoisotopic (exact) mass is 564 g/mol. The highest BCUT2D eigenvalue weighted by Crippen LogP contribution is 2.45. The molecule has 0 aliphatic carbocycles. The molecule has 1 atom stereocenters. The fourth-order valence-electron chi connectivity index (χ4n) is 3.60. The van der Waals surface area contributed by atoms with Crippen LogP contribution in [0.1, 0.15) is 22.7 Å². The van der Waals surface area contributed by atoms with Gasteiger partial charge in [0.25, 0.3) is 5.69 Å². The number of nitrogens with one attached hydrogen (secondary N) is 2. The first-order valence-electron chi connectivity index (χ1n) is 10.0. The molecule has 37 heavy (non-hydrogen) atoms. The van der Waals surface area contributed by atoms with Crippen LogP contribution in [-0.2, 0) is 0 Å². The average molecular weight is 565 g/mol. The molecule has 2 heterocycles. The molecule has 0 fully saturated rings. The van der Waals surface area contributed by atoms with E-state index in [2.05, 4.69) is 36.5 Å². The van der Waals surface area contributed by atoms with Crippen molar-refractivity contribution in [3.8, 4) is 23.8 Å². The largest absolute Gasteiger partial charge is 0.450 e. The lowest BCUT2D eigenvalue weighted by molar-refractivity contribution is -0.394. The number of guanidine groups is 1. The maximum Gasteiger partial charge on any atom is 0.318 e. The normalized spacial score (nSPS) is 13.7. The summed E-state index contributed by atoms with van der Waals surface area (Å²) >= 11 is 3.37. The number of rotatable bonds is 5. The minimum atomic E-state index is -1.02. The molecule has 0 bridgehead atoms. The Bertz CT molecular complexity index is 1590. The zero-order chi connectivity index (χ0) is 26.9. The fourth-order valence-corrected chi connectivity index (χ4v) is 3.98. The molecule has 0 radical (unpaired) electrons. The third kappa shape index (κ3) is 4.59. The highest BCUT2D eigenvalue weighted by Gasteiger charge is 2.32. The Balaban J connectivity index is 1.92. The number of anilines is 3. The Kier molecular flexibility index (Phi) is 6.42. The van der Waals surface area contributed by atoms with Crippen LogP contribution in [0.3, 0.4) is 0 Å². The SMILES string of the molecule is N#CNC1=NC(c2cc(Br)ccc2Oc2ccc([N+](=O)[O-])cc2[N+](=O)[O-])c2c(nc(N)c(C#N)c2N)N1. The number of nitro benzene ring substituents is 2. The third-order valence-corrected chi connectivity index (χ3v) is 5.69. The summed E-state index contributed by atoms with van der Waals surface area (Å²) in [7, 11) is 0. The number of nitriles is 2. The van der Waals surface area contributed by atoms with Crippen LogP contribution in [0.15, 0.2) is 45.9 Å². The summed E-state index contributed by atoms with van der Waals surface area (Å²) in [5, 5.41) is 46.5. The number of aromatic nitrogens is 1. The molecule has 4 rings (SSSR count). The van der Waals surface area contributed by atoms with Crippen molar-refractivity contribution in [3.05, 3.63) is 77.8 Å². The Labute approximate surface area is 215 Å². The molecule has 15 nitrogen and oxygen atoms in total. The molecule has 0 spiro atoms. The first kappa shape index (κ1) is 24.6. The zero-order valence-electron chi connectivity index (χ0n) is 18.3. The van der Waals surface area contributed by atoms with Crippen LogP contribution in [0, 0.1) is 43.0 Å². The van der Waals surface area contributed by atoms with E-state index in [0.717, 1.165) is 18.2 Å². The van der Waals surface area contributed by atoms with Gasteiger partial charge in [0.05, 0.1) is 21.6 Å². The summed E-state index contributed by atoms with van der Waals surface area (Å²) < 4.78 is 6.43. The second-order valence-electron chi connectivity index (χ2n) is 7.35. The molecule has 1 aliphatic heterocycles. The summed E-state index contributed by atoms with van der Waals surface area (Å²) in [4.78, 5) is 29.8. The maximum absolute atomic E-state index is 11.6. The van der Waals surface area contributed by atoms with E-state index < -0.39 is 27.3 Å². The average Bonchev–Trinajstić information content (AvgIpc) is 2.85.